The van der Waals surface area contributed by atoms with Crippen molar-refractivity contribution in [1.82, 2.24) is 0 Å². The summed E-state index contributed by atoms with van der Waals surface area (Å²) in [4.78, 5) is 0. The maximum Gasteiger partial charge on any atom is -0.0141 e. The van der Waals surface area contributed by atoms with Crippen molar-refractivity contribution in [2.45, 2.75) is 27.2 Å². The lowest BCUT2D eigenvalue weighted by Crippen LogP contribution is -1.69. The third kappa shape index (κ3) is 5.36. The predicted molar refractivity (Wildman–Crippen MR) is 48.0 cm³/mol. The minimum Gasteiger partial charge on any atom is -0.0998 e. The van der Waals surface area contributed by atoms with Gasteiger partial charge in [-0.3, -0.25) is 0 Å². The van der Waals surface area contributed by atoms with Gasteiger partial charge in [0.2, 0.25) is 0 Å². The largest absolute Gasteiger partial charge is 0.0998 e. The molecule has 0 nitrogen and oxygen atoms in total. The molecule has 0 N–H and O–H groups in total. The van der Waals surface area contributed by atoms with Crippen LogP contribution in [0.2, 0.25) is 0 Å². The van der Waals surface area contributed by atoms with Crippen LogP contribution in [-0.2, 0) is 0 Å². The summed E-state index contributed by atoms with van der Waals surface area (Å²) in [7, 11) is 0. The van der Waals surface area contributed by atoms with E-state index in [2.05, 4.69) is 31.7 Å². The highest BCUT2D eigenvalue weighted by Gasteiger charge is 1.79. The summed E-state index contributed by atoms with van der Waals surface area (Å²) in [5.41, 5.74) is 2.52. The number of hydrogen-bond donors (Lipinski definition) is 0. The van der Waals surface area contributed by atoms with Crippen LogP contribution >= 0.6 is 0 Å². The molecule has 0 aromatic carbocycles. The normalized spacial score (nSPS) is 12.5. The van der Waals surface area contributed by atoms with Gasteiger partial charge in [0.05, 0.1) is 0 Å². The zero-order valence-corrected chi connectivity index (χ0v) is 7.15. The monoisotopic (exact) mass is 136 g/mol. The van der Waals surface area contributed by atoms with Gasteiger partial charge in [0, 0.05) is 0 Å². The summed E-state index contributed by atoms with van der Waals surface area (Å²) >= 11 is 0. The second-order valence-corrected chi connectivity index (χ2v) is 2.60. The second-order valence-electron chi connectivity index (χ2n) is 2.60. The fourth-order valence-electron chi connectivity index (χ4n) is 0.542. The molecule has 0 rings (SSSR count). The molecule has 0 heterocycles. The molecule has 0 radical (unpaired) electrons. The molecule has 0 aromatic rings. The smallest absolute Gasteiger partial charge is 0.0141 e. The molecule has 0 aliphatic rings. The fourth-order valence-corrected chi connectivity index (χ4v) is 0.542. The molecular formula is C10H16. The summed E-state index contributed by atoms with van der Waals surface area (Å²) in [5.74, 6) is 0. The maximum atomic E-state index is 3.81. The van der Waals surface area contributed by atoms with E-state index in [0.717, 1.165) is 6.42 Å². The molecule has 0 saturated heterocycles. The van der Waals surface area contributed by atoms with E-state index in [1.807, 2.05) is 13.8 Å². The molecule has 0 saturated carbocycles. The maximum absolute atomic E-state index is 3.81. The lowest BCUT2D eigenvalue weighted by atomic mass is 10.2. The number of hydrogen-bond acceptors (Lipinski definition) is 0. The van der Waals surface area contributed by atoms with Gasteiger partial charge in [0.25, 0.3) is 0 Å². The molecular weight excluding hydrogens is 120 g/mol. The van der Waals surface area contributed by atoms with E-state index in [0.29, 0.717) is 0 Å². The molecule has 0 heteroatoms. The van der Waals surface area contributed by atoms with Crippen LogP contribution in [-0.4, -0.2) is 0 Å². The fraction of sp³-hybridized carbons (Fsp3) is 0.400. The molecule has 0 fully saturated rings. The quantitative estimate of drug-likeness (QED) is 0.411. The molecule has 0 amide bonds. The Bertz CT molecular complexity index is 159. The summed E-state index contributed by atoms with van der Waals surface area (Å²) < 4.78 is 0. The van der Waals surface area contributed by atoms with Crippen LogP contribution in [0, 0.1) is 0 Å². The van der Waals surface area contributed by atoms with Crippen molar-refractivity contribution < 1.29 is 0 Å². The highest BCUT2D eigenvalue weighted by molar-refractivity contribution is 5.16. The molecule has 10 heavy (non-hydrogen) atoms. The zero-order valence-electron chi connectivity index (χ0n) is 7.15. The van der Waals surface area contributed by atoms with Gasteiger partial charge < -0.3 is 0 Å². The average molecular weight is 136 g/mol. The van der Waals surface area contributed by atoms with Gasteiger partial charge in [-0.2, -0.15) is 0 Å². The van der Waals surface area contributed by atoms with Crippen LogP contribution in [0.3, 0.4) is 0 Å². The van der Waals surface area contributed by atoms with Gasteiger partial charge in [0.15, 0.2) is 0 Å². The third-order valence-corrected chi connectivity index (χ3v) is 1.30. The van der Waals surface area contributed by atoms with Crippen molar-refractivity contribution in [2.24, 2.45) is 0 Å². The van der Waals surface area contributed by atoms with Crippen molar-refractivity contribution >= 4 is 0 Å². The topological polar surface area (TPSA) is 0 Å². The van der Waals surface area contributed by atoms with Crippen LogP contribution in [0.4, 0.5) is 0 Å². The predicted octanol–water partition coefficient (Wildman–Crippen LogP) is 3.48. The van der Waals surface area contributed by atoms with Crippen molar-refractivity contribution in [2.75, 3.05) is 0 Å². The summed E-state index contributed by atoms with van der Waals surface area (Å²) in [6, 6.07) is 0. The van der Waals surface area contributed by atoms with Gasteiger partial charge in [-0.05, 0) is 27.2 Å². The van der Waals surface area contributed by atoms with Gasteiger partial charge in [0.1, 0.15) is 0 Å². The first-order chi connectivity index (χ1) is 4.66. The lowest BCUT2D eigenvalue weighted by molar-refractivity contribution is 1.22. The molecule has 0 aliphatic heterocycles. The first kappa shape index (κ1) is 9.22. The van der Waals surface area contributed by atoms with Gasteiger partial charge in [-0.25, -0.2) is 0 Å². The summed E-state index contributed by atoms with van der Waals surface area (Å²) in [6.45, 7) is 9.98. The Morgan fingerprint density at radius 3 is 2.40 bits per heavy atom. The Hall–Kier alpha value is -0.780. The zero-order chi connectivity index (χ0) is 7.98. The Labute approximate surface area is 64.0 Å². The summed E-state index contributed by atoms with van der Waals surface area (Å²) in [5, 5.41) is 0. The van der Waals surface area contributed by atoms with Gasteiger partial charge >= 0.3 is 0 Å². The van der Waals surface area contributed by atoms with Crippen molar-refractivity contribution in [3.63, 3.8) is 0 Å². The van der Waals surface area contributed by atoms with Crippen LogP contribution in [0.25, 0.3) is 0 Å². The second kappa shape index (κ2) is 5.04. The standard InChI is InChI=1S/C10H16/c1-5-10(4)8-6-7-9(2)3/h5-6,8H,2,7H2,1,3-4H3/b8-6-,10-5-. The van der Waals surface area contributed by atoms with E-state index in [-0.39, 0.29) is 0 Å². The average Bonchev–Trinajstić information content (AvgIpc) is 1.87. The number of rotatable bonds is 3. The van der Waals surface area contributed by atoms with Crippen molar-refractivity contribution in [1.29, 1.82) is 0 Å². The van der Waals surface area contributed by atoms with Crippen LogP contribution in [0.15, 0.2) is 36.0 Å². The first-order valence-corrected chi connectivity index (χ1v) is 3.60. The molecule has 0 unspecified atom stereocenters. The van der Waals surface area contributed by atoms with Crippen LogP contribution in [0.5, 0.6) is 0 Å². The van der Waals surface area contributed by atoms with Gasteiger partial charge in [-0.15, -0.1) is 0 Å². The highest BCUT2D eigenvalue weighted by Crippen LogP contribution is 2.00. The van der Waals surface area contributed by atoms with E-state index >= 15 is 0 Å². The third-order valence-electron chi connectivity index (χ3n) is 1.30. The Balaban J connectivity index is 3.67. The SMILES string of the molecule is C=C(C)C/C=C\C(C)=C/C. The van der Waals surface area contributed by atoms with E-state index in [4.69, 9.17) is 0 Å². The Morgan fingerprint density at radius 1 is 1.40 bits per heavy atom. The number of allylic oxidation sites excluding steroid dienone is 5. The minimum atomic E-state index is 0.991. The summed E-state index contributed by atoms with van der Waals surface area (Å²) in [6.07, 6.45) is 7.34. The molecule has 56 valence electrons. The molecule has 0 atom stereocenters. The minimum absolute atomic E-state index is 0.991. The Kier molecular flexibility index (Phi) is 4.65. The van der Waals surface area contributed by atoms with Crippen molar-refractivity contribution in [3.8, 4) is 0 Å². The molecule has 0 spiro atoms. The first-order valence-electron chi connectivity index (χ1n) is 3.60. The van der Waals surface area contributed by atoms with E-state index in [1.54, 1.807) is 0 Å². The van der Waals surface area contributed by atoms with Crippen molar-refractivity contribution in [3.05, 3.63) is 36.0 Å². The van der Waals surface area contributed by atoms with Crippen LogP contribution in [0.1, 0.15) is 27.2 Å². The van der Waals surface area contributed by atoms with Crippen LogP contribution < -0.4 is 0 Å². The van der Waals surface area contributed by atoms with E-state index in [1.165, 1.54) is 11.1 Å². The highest BCUT2D eigenvalue weighted by atomic mass is 13.9. The Morgan fingerprint density at radius 2 is 2.00 bits per heavy atom. The lowest BCUT2D eigenvalue weighted by Gasteiger charge is -1.89. The van der Waals surface area contributed by atoms with E-state index < -0.39 is 0 Å². The van der Waals surface area contributed by atoms with E-state index in [9.17, 15) is 0 Å². The molecule has 0 aromatic heterocycles. The molecule has 0 aliphatic carbocycles. The molecule has 0 bridgehead atoms. The van der Waals surface area contributed by atoms with Gasteiger partial charge in [-0.1, -0.05) is 36.0 Å².